The van der Waals surface area contributed by atoms with Crippen LogP contribution in [-0.4, -0.2) is 74.3 Å². The van der Waals surface area contributed by atoms with Crippen LogP contribution in [0.15, 0.2) is 91.0 Å². The van der Waals surface area contributed by atoms with Crippen LogP contribution in [0.5, 0.6) is 0 Å². The zero-order chi connectivity index (χ0) is 31.2. The van der Waals surface area contributed by atoms with Gasteiger partial charge in [0.2, 0.25) is 0 Å². The quantitative estimate of drug-likeness (QED) is 0.162. The van der Waals surface area contributed by atoms with E-state index in [1.807, 2.05) is 0 Å². The van der Waals surface area contributed by atoms with Crippen molar-refractivity contribution >= 4 is 28.0 Å². The van der Waals surface area contributed by atoms with Gasteiger partial charge in [0.15, 0.2) is 24.6 Å². The molecule has 3 aromatic carbocycles. The van der Waals surface area contributed by atoms with E-state index in [1.54, 1.807) is 18.2 Å². The van der Waals surface area contributed by atoms with Gasteiger partial charge in [0.05, 0.1) is 23.3 Å². The van der Waals surface area contributed by atoms with Gasteiger partial charge >= 0.3 is 33.5 Å². The summed E-state index contributed by atoms with van der Waals surface area (Å²) in [4.78, 5) is 39.0. The molecule has 0 aromatic heterocycles. The van der Waals surface area contributed by atoms with Gasteiger partial charge < -0.3 is 24.1 Å². The second-order valence-corrected chi connectivity index (χ2v) is 10.6. The van der Waals surface area contributed by atoms with E-state index in [1.165, 1.54) is 72.8 Å². The topological polar surface area (TPSA) is 152 Å². The molecule has 0 radical (unpaired) electrons. The van der Waals surface area contributed by atoms with Gasteiger partial charge in [0.25, 0.3) is 0 Å². The van der Waals surface area contributed by atoms with Gasteiger partial charge in [-0.05, 0) is 36.4 Å². The number of hydrogen-bond donors (Lipinski definition) is 1. The summed E-state index contributed by atoms with van der Waals surface area (Å²) in [5.41, 5.74) is -5.90. The van der Waals surface area contributed by atoms with Crippen LogP contribution in [0.1, 0.15) is 31.1 Å². The number of carbonyl (C=O) groups excluding carboxylic acids is 3. The molecule has 1 saturated heterocycles. The first-order chi connectivity index (χ1) is 20.4. The van der Waals surface area contributed by atoms with Crippen LogP contribution < -0.4 is 0 Å². The summed E-state index contributed by atoms with van der Waals surface area (Å²) in [6.07, 6.45) is -9.99. The van der Waals surface area contributed by atoms with Gasteiger partial charge in [-0.2, -0.15) is 21.6 Å². The smallest absolute Gasteiger partial charge is 0.452 e. The van der Waals surface area contributed by atoms with E-state index in [0.29, 0.717) is 0 Å². The summed E-state index contributed by atoms with van der Waals surface area (Å²) >= 11 is 0. The molecule has 1 N–H and O–H groups in total. The monoisotopic (exact) mass is 624 g/mol. The van der Waals surface area contributed by atoms with Crippen molar-refractivity contribution in [2.75, 3.05) is 6.61 Å². The predicted octanol–water partition coefficient (Wildman–Crippen LogP) is 3.25. The van der Waals surface area contributed by atoms with Crippen LogP contribution in [0.4, 0.5) is 13.2 Å². The Balaban J connectivity index is 1.72. The second-order valence-electron chi connectivity index (χ2n) is 8.96. The van der Waals surface area contributed by atoms with Crippen molar-refractivity contribution < 1.29 is 64.2 Å². The normalized spacial score (nSPS) is 22.3. The summed E-state index contributed by atoms with van der Waals surface area (Å²) in [6.45, 7) is -1.44. The van der Waals surface area contributed by atoms with Crippen molar-refractivity contribution in [3.8, 4) is 0 Å². The number of ether oxygens (including phenoxy) is 4. The number of esters is 3. The Morgan fingerprint density at radius 2 is 1.05 bits per heavy atom. The van der Waals surface area contributed by atoms with Crippen LogP contribution in [0.2, 0.25) is 0 Å². The lowest BCUT2D eigenvalue weighted by molar-refractivity contribution is -0.283. The summed E-state index contributed by atoms with van der Waals surface area (Å²) in [7, 11) is -6.17. The third kappa shape index (κ3) is 7.75. The van der Waals surface area contributed by atoms with Crippen molar-refractivity contribution in [1.82, 2.24) is 0 Å². The van der Waals surface area contributed by atoms with Crippen LogP contribution in [-0.2, 0) is 33.2 Å². The van der Waals surface area contributed by atoms with Crippen LogP contribution in [0.3, 0.4) is 0 Å². The lowest BCUT2D eigenvalue weighted by Crippen LogP contribution is -2.62. The number of aliphatic hydroxyl groups is 1. The molecule has 228 valence electrons. The van der Waals surface area contributed by atoms with Crippen LogP contribution in [0, 0.1) is 0 Å². The van der Waals surface area contributed by atoms with E-state index in [9.17, 15) is 41.1 Å². The third-order valence-corrected chi connectivity index (χ3v) is 7.05. The summed E-state index contributed by atoms with van der Waals surface area (Å²) < 4.78 is 87.9. The molecule has 43 heavy (non-hydrogen) atoms. The van der Waals surface area contributed by atoms with Crippen molar-refractivity contribution in [3.05, 3.63) is 108 Å². The average Bonchev–Trinajstić information content (AvgIpc) is 2.99. The molecule has 4 rings (SSSR count). The summed E-state index contributed by atoms with van der Waals surface area (Å²) in [6, 6.07) is 21.9. The summed E-state index contributed by atoms with van der Waals surface area (Å²) in [5.74, 6) is -3.19. The molecule has 5 atom stereocenters. The predicted molar refractivity (Wildman–Crippen MR) is 139 cm³/mol. The van der Waals surface area contributed by atoms with E-state index in [0.717, 1.165) is 0 Å². The molecule has 1 heterocycles. The maximum Gasteiger partial charge on any atom is 0.523 e. The zero-order valence-electron chi connectivity index (χ0n) is 21.8. The van der Waals surface area contributed by atoms with Gasteiger partial charge in [-0.1, -0.05) is 54.6 Å². The Labute approximate surface area is 242 Å². The van der Waals surface area contributed by atoms with Gasteiger partial charge in [-0.3, -0.25) is 4.18 Å². The molecule has 15 heteroatoms. The maximum absolute atomic E-state index is 13.1. The number of halogens is 3. The zero-order valence-corrected chi connectivity index (χ0v) is 22.6. The van der Waals surface area contributed by atoms with E-state index < -0.39 is 70.8 Å². The largest absolute Gasteiger partial charge is 0.523 e. The SMILES string of the molecule is O=C(O[C@@H]1[C@@H](OC(=O)c2ccccc2)[C@@H](O)O[C@H](COS(=O)(=O)C(F)(F)F)[C@H]1OC(=O)c1ccccc1)c1ccccc1. The van der Waals surface area contributed by atoms with Crippen LogP contribution in [0.25, 0.3) is 0 Å². The number of rotatable bonds is 9. The van der Waals surface area contributed by atoms with Crippen molar-refractivity contribution in [3.63, 3.8) is 0 Å². The number of carbonyl (C=O) groups is 3. The highest BCUT2D eigenvalue weighted by atomic mass is 32.2. The highest BCUT2D eigenvalue weighted by Gasteiger charge is 2.54. The van der Waals surface area contributed by atoms with Crippen molar-refractivity contribution in [2.45, 2.75) is 36.2 Å². The Morgan fingerprint density at radius 3 is 1.44 bits per heavy atom. The number of alkyl halides is 3. The van der Waals surface area contributed by atoms with Crippen molar-refractivity contribution in [1.29, 1.82) is 0 Å². The fraction of sp³-hybridized carbons (Fsp3) is 0.250. The lowest BCUT2D eigenvalue weighted by Gasteiger charge is -2.42. The number of aliphatic hydroxyl groups excluding tert-OH is 1. The highest BCUT2D eigenvalue weighted by Crippen LogP contribution is 2.32. The fourth-order valence-electron chi connectivity index (χ4n) is 3.95. The molecular formula is C28H23F3O11S. The standard InChI is InChI=1S/C28H23F3O11S/c29-28(30,31)43(36,37)38-16-20-21(40-24(32)17-10-4-1-5-11-17)22(41-25(33)18-12-6-2-7-13-18)23(27(35)39-20)42-26(34)19-14-8-3-9-15-19/h1-15,20-23,27,35H,16H2/t20-,21-,22+,23-,27+/m1/s1. The molecule has 0 saturated carbocycles. The highest BCUT2D eigenvalue weighted by molar-refractivity contribution is 7.87. The fourth-order valence-corrected chi connectivity index (χ4v) is 4.40. The Kier molecular flexibility index (Phi) is 9.80. The van der Waals surface area contributed by atoms with Crippen LogP contribution >= 0.6 is 0 Å². The molecule has 0 bridgehead atoms. The lowest BCUT2D eigenvalue weighted by atomic mass is 9.98. The van der Waals surface area contributed by atoms with Gasteiger partial charge in [0, 0.05) is 0 Å². The molecule has 0 spiro atoms. The molecular weight excluding hydrogens is 601 g/mol. The molecule has 1 aliphatic heterocycles. The Hall–Kier alpha value is -4.31. The van der Waals surface area contributed by atoms with E-state index in [4.69, 9.17) is 18.9 Å². The maximum atomic E-state index is 13.1. The van der Waals surface area contributed by atoms with Gasteiger partial charge in [-0.15, -0.1) is 0 Å². The molecule has 0 amide bonds. The van der Waals surface area contributed by atoms with E-state index >= 15 is 0 Å². The first kappa shape index (κ1) is 31.6. The molecule has 0 unspecified atom stereocenters. The van der Waals surface area contributed by atoms with E-state index in [2.05, 4.69) is 4.18 Å². The van der Waals surface area contributed by atoms with Gasteiger partial charge in [-0.25, -0.2) is 14.4 Å². The molecule has 0 aliphatic carbocycles. The van der Waals surface area contributed by atoms with Gasteiger partial charge in [0.1, 0.15) is 6.10 Å². The molecule has 1 aliphatic rings. The minimum absolute atomic E-state index is 0.00222. The Bertz CT molecular complexity index is 1520. The number of benzene rings is 3. The minimum atomic E-state index is -6.17. The van der Waals surface area contributed by atoms with Crippen molar-refractivity contribution in [2.24, 2.45) is 0 Å². The molecule has 3 aromatic rings. The molecule has 11 nitrogen and oxygen atoms in total. The first-order valence-electron chi connectivity index (χ1n) is 12.4. The first-order valence-corrected chi connectivity index (χ1v) is 13.9. The Morgan fingerprint density at radius 1 is 0.674 bits per heavy atom. The minimum Gasteiger partial charge on any atom is -0.452 e. The summed E-state index contributed by atoms with van der Waals surface area (Å²) in [5, 5.41) is 10.8. The number of hydrogen-bond acceptors (Lipinski definition) is 11. The molecule has 1 fully saturated rings. The third-order valence-electron chi connectivity index (χ3n) is 6.04. The van der Waals surface area contributed by atoms with E-state index in [-0.39, 0.29) is 16.7 Å². The second kappa shape index (κ2) is 13.3. The average molecular weight is 625 g/mol.